The number of nitrogens with zero attached hydrogens (tertiary/aromatic N) is 4. The summed E-state index contributed by atoms with van der Waals surface area (Å²) in [6.07, 6.45) is 1.61. The van der Waals surface area contributed by atoms with Crippen molar-refractivity contribution in [1.82, 2.24) is 14.8 Å². The summed E-state index contributed by atoms with van der Waals surface area (Å²) < 4.78 is 26.0. The van der Waals surface area contributed by atoms with Gasteiger partial charge in [-0.15, -0.1) is 10.2 Å². The Morgan fingerprint density at radius 3 is 2.65 bits per heavy atom. The van der Waals surface area contributed by atoms with Gasteiger partial charge in [-0.3, -0.25) is 14.7 Å². The van der Waals surface area contributed by atoms with Gasteiger partial charge < -0.3 is 9.47 Å². The highest BCUT2D eigenvalue weighted by Gasteiger charge is 2.25. The highest BCUT2D eigenvalue weighted by molar-refractivity contribution is 7.99. The summed E-state index contributed by atoms with van der Waals surface area (Å²) in [5.74, 6) is 1.20. The molecule has 162 valence electrons. The Morgan fingerprint density at radius 2 is 2.00 bits per heavy atom. The number of benzene rings is 2. The van der Waals surface area contributed by atoms with Crippen molar-refractivity contribution in [2.24, 2.45) is 0 Å². The second kappa shape index (κ2) is 10.1. The van der Waals surface area contributed by atoms with Crippen LogP contribution in [0.4, 0.5) is 4.39 Å². The molecule has 2 aromatic carbocycles. The lowest BCUT2D eigenvalue weighted by Crippen LogP contribution is -2.11. The Labute approximate surface area is 182 Å². The van der Waals surface area contributed by atoms with E-state index in [0.717, 1.165) is 0 Å². The van der Waals surface area contributed by atoms with Crippen LogP contribution in [-0.4, -0.2) is 39.9 Å². The van der Waals surface area contributed by atoms with Crippen molar-refractivity contribution in [3.05, 3.63) is 82.4 Å². The minimum Gasteiger partial charge on any atom is -0.493 e. The fourth-order valence-electron chi connectivity index (χ4n) is 2.93. The Bertz CT molecular complexity index is 1070. The van der Waals surface area contributed by atoms with Crippen molar-refractivity contribution >= 4 is 11.8 Å². The zero-order valence-corrected chi connectivity index (χ0v) is 17.8. The maximum absolute atomic E-state index is 13.3. The van der Waals surface area contributed by atoms with E-state index in [9.17, 15) is 14.5 Å². The Balaban J connectivity index is 1.96. The number of rotatable bonds is 10. The van der Waals surface area contributed by atoms with E-state index in [2.05, 4.69) is 16.8 Å². The van der Waals surface area contributed by atoms with Gasteiger partial charge in [0, 0.05) is 10.6 Å². The van der Waals surface area contributed by atoms with E-state index in [-0.39, 0.29) is 17.3 Å². The third kappa shape index (κ3) is 5.40. The standard InChI is InChI=1S/C21H21FN4O4S/c1-4-11-30-18-10-5-15(12-19(18)29-3)20(13-25(27)28)31-21-24-23-14(2)26(21)17-8-6-16(22)7-9-17/h4-10,12,20H,1,11,13H2,2-3H3/t20-/m0/s1. The van der Waals surface area contributed by atoms with Crippen LogP contribution in [0.3, 0.4) is 0 Å². The fourth-order valence-corrected chi connectivity index (χ4v) is 4.10. The molecule has 0 aliphatic carbocycles. The third-order valence-corrected chi connectivity index (χ3v) is 5.54. The predicted molar refractivity (Wildman–Crippen MR) is 115 cm³/mol. The second-order valence-corrected chi connectivity index (χ2v) is 7.64. The number of thioether (sulfide) groups is 1. The molecule has 0 amide bonds. The van der Waals surface area contributed by atoms with Gasteiger partial charge in [0.15, 0.2) is 16.7 Å². The molecule has 3 aromatic rings. The van der Waals surface area contributed by atoms with Crippen LogP contribution in [-0.2, 0) is 0 Å². The van der Waals surface area contributed by atoms with Crippen LogP contribution in [0.5, 0.6) is 11.5 Å². The van der Waals surface area contributed by atoms with Crippen LogP contribution in [0.25, 0.3) is 5.69 Å². The Hall–Kier alpha value is -3.40. The molecule has 10 heteroatoms. The molecule has 8 nitrogen and oxygen atoms in total. The molecule has 0 spiro atoms. The first-order valence-electron chi connectivity index (χ1n) is 9.31. The van der Waals surface area contributed by atoms with Gasteiger partial charge in [0.25, 0.3) is 0 Å². The van der Waals surface area contributed by atoms with Crippen LogP contribution < -0.4 is 9.47 Å². The normalized spacial score (nSPS) is 11.7. The molecule has 1 atom stereocenters. The van der Waals surface area contributed by atoms with Crippen LogP contribution in [0, 0.1) is 22.9 Å². The van der Waals surface area contributed by atoms with E-state index in [1.54, 1.807) is 47.9 Å². The van der Waals surface area contributed by atoms with E-state index in [1.165, 1.54) is 31.0 Å². The van der Waals surface area contributed by atoms with Gasteiger partial charge in [-0.05, 0) is 48.9 Å². The summed E-state index contributed by atoms with van der Waals surface area (Å²) in [6, 6.07) is 11.1. The Kier molecular flexibility index (Phi) is 7.24. The zero-order chi connectivity index (χ0) is 22.4. The van der Waals surface area contributed by atoms with Gasteiger partial charge in [-0.25, -0.2) is 4.39 Å². The molecule has 0 radical (unpaired) electrons. The SMILES string of the molecule is C=CCOc1ccc([C@H](C[N+](=O)[O-])Sc2nnc(C)n2-c2ccc(F)cc2)cc1OC. The van der Waals surface area contributed by atoms with Crippen LogP contribution in [0.2, 0.25) is 0 Å². The van der Waals surface area contributed by atoms with Crippen LogP contribution >= 0.6 is 11.8 Å². The maximum Gasteiger partial charge on any atom is 0.220 e. The molecule has 1 heterocycles. The number of ether oxygens (including phenoxy) is 2. The summed E-state index contributed by atoms with van der Waals surface area (Å²) in [7, 11) is 1.50. The summed E-state index contributed by atoms with van der Waals surface area (Å²) in [6.45, 7) is 5.35. The number of aryl methyl sites for hydroxylation is 1. The summed E-state index contributed by atoms with van der Waals surface area (Å²) >= 11 is 1.20. The quantitative estimate of drug-likeness (QED) is 0.198. The lowest BCUT2D eigenvalue weighted by molar-refractivity contribution is -0.479. The second-order valence-electron chi connectivity index (χ2n) is 6.47. The molecule has 0 aliphatic rings. The molecule has 3 rings (SSSR count). The van der Waals surface area contributed by atoms with Crippen molar-refractivity contribution < 1.29 is 18.8 Å². The number of nitro groups is 1. The van der Waals surface area contributed by atoms with Crippen molar-refractivity contribution in [3.63, 3.8) is 0 Å². The van der Waals surface area contributed by atoms with Crippen molar-refractivity contribution in [3.8, 4) is 17.2 Å². The van der Waals surface area contributed by atoms with Gasteiger partial charge in [-0.2, -0.15) is 0 Å². The highest BCUT2D eigenvalue weighted by atomic mass is 32.2. The van der Waals surface area contributed by atoms with Crippen LogP contribution in [0.1, 0.15) is 16.6 Å². The van der Waals surface area contributed by atoms with E-state index in [1.807, 2.05) is 0 Å². The molecule has 1 aromatic heterocycles. The topological polar surface area (TPSA) is 92.3 Å². The highest BCUT2D eigenvalue weighted by Crippen LogP contribution is 2.39. The lowest BCUT2D eigenvalue weighted by Gasteiger charge is -2.16. The minimum atomic E-state index is -0.569. The Morgan fingerprint density at radius 1 is 1.26 bits per heavy atom. The largest absolute Gasteiger partial charge is 0.493 e. The first-order valence-corrected chi connectivity index (χ1v) is 10.2. The molecule has 0 aliphatic heterocycles. The van der Waals surface area contributed by atoms with Gasteiger partial charge >= 0.3 is 0 Å². The van der Waals surface area contributed by atoms with E-state index in [4.69, 9.17) is 9.47 Å². The van der Waals surface area contributed by atoms with E-state index in [0.29, 0.717) is 40.3 Å². The molecule has 31 heavy (non-hydrogen) atoms. The minimum absolute atomic E-state index is 0.308. The fraction of sp³-hybridized carbons (Fsp3) is 0.238. The van der Waals surface area contributed by atoms with Gasteiger partial charge in [0.1, 0.15) is 23.5 Å². The number of hydrogen-bond acceptors (Lipinski definition) is 7. The van der Waals surface area contributed by atoms with Crippen LogP contribution in [0.15, 0.2) is 60.3 Å². The predicted octanol–water partition coefficient (Wildman–Crippen LogP) is 4.40. The molecule has 0 saturated heterocycles. The summed E-state index contributed by atoms with van der Waals surface area (Å²) in [5.41, 5.74) is 1.34. The molecule has 0 fully saturated rings. The average molecular weight is 444 g/mol. The smallest absolute Gasteiger partial charge is 0.220 e. The van der Waals surface area contributed by atoms with Gasteiger partial charge in [0.05, 0.1) is 7.11 Å². The molecular weight excluding hydrogens is 423 g/mol. The number of methoxy groups -OCH3 is 1. The lowest BCUT2D eigenvalue weighted by atomic mass is 10.1. The van der Waals surface area contributed by atoms with Crippen molar-refractivity contribution in [2.75, 3.05) is 20.3 Å². The first-order chi connectivity index (χ1) is 14.9. The third-order valence-electron chi connectivity index (χ3n) is 4.36. The molecule has 0 N–H and O–H groups in total. The molecule has 0 bridgehead atoms. The summed E-state index contributed by atoms with van der Waals surface area (Å²) in [5, 5.41) is 19.5. The van der Waals surface area contributed by atoms with E-state index < -0.39 is 5.25 Å². The zero-order valence-electron chi connectivity index (χ0n) is 17.0. The van der Waals surface area contributed by atoms with E-state index >= 15 is 0 Å². The number of aromatic nitrogens is 3. The summed E-state index contributed by atoms with van der Waals surface area (Å²) in [4.78, 5) is 11.0. The molecule has 0 saturated carbocycles. The van der Waals surface area contributed by atoms with Crippen molar-refractivity contribution in [1.29, 1.82) is 0 Å². The van der Waals surface area contributed by atoms with Crippen molar-refractivity contribution in [2.45, 2.75) is 17.3 Å². The van der Waals surface area contributed by atoms with Gasteiger partial charge in [-0.1, -0.05) is 30.5 Å². The van der Waals surface area contributed by atoms with Gasteiger partial charge in [0.2, 0.25) is 6.54 Å². The monoisotopic (exact) mass is 444 g/mol. The molecule has 0 unspecified atom stereocenters. The number of hydrogen-bond donors (Lipinski definition) is 0. The maximum atomic E-state index is 13.3. The average Bonchev–Trinajstić information content (AvgIpc) is 3.12. The number of halogens is 1. The molecular formula is C21H21FN4O4S. The first kappa shape index (κ1) is 22.3.